The fourth-order valence-corrected chi connectivity index (χ4v) is 4.37. The Kier molecular flexibility index (Phi) is 7.41. The van der Waals surface area contributed by atoms with E-state index in [0.29, 0.717) is 18.0 Å². The van der Waals surface area contributed by atoms with Gasteiger partial charge < -0.3 is 20.3 Å². The van der Waals surface area contributed by atoms with Gasteiger partial charge in [0.05, 0.1) is 5.52 Å². The van der Waals surface area contributed by atoms with Crippen molar-refractivity contribution in [1.29, 1.82) is 0 Å². The Morgan fingerprint density at radius 2 is 1.62 bits per heavy atom. The van der Waals surface area contributed by atoms with Crippen LogP contribution in [0.2, 0.25) is 0 Å². The van der Waals surface area contributed by atoms with E-state index in [1.165, 1.54) is 12.1 Å². The number of hydrogen-bond donors (Lipinski definition) is 2. The quantitative estimate of drug-likeness (QED) is 0.472. The predicted octanol–water partition coefficient (Wildman–Crippen LogP) is 5.15. The van der Waals surface area contributed by atoms with Crippen LogP contribution in [0, 0.1) is 0 Å². The van der Waals surface area contributed by atoms with E-state index >= 15 is 0 Å². The fraction of sp³-hybridized carbons (Fsp3) is 0.440. The molecule has 34 heavy (non-hydrogen) atoms. The first-order valence-corrected chi connectivity index (χ1v) is 11.6. The zero-order chi connectivity index (χ0) is 24.1. The molecule has 1 aromatic heterocycles. The molecule has 4 rings (SSSR count). The average Bonchev–Trinajstić information content (AvgIpc) is 2.80. The lowest BCUT2D eigenvalue weighted by atomic mass is 9.91. The summed E-state index contributed by atoms with van der Waals surface area (Å²) in [5.41, 5.74) is 1.90. The van der Waals surface area contributed by atoms with Crippen LogP contribution in [-0.4, -0.2) is 49.1 Å². The third kappa shape index (κ3) is 6.50. The molecule has 1 heterocycles. The van der Waals surface area contributed by atoms with Gasteiger partial charge in [0.1, 0.15) is 11.6 Å². The summed E-state index contributed by atoms with van der Waals surface area (Å²) in [4.78, 5) is 11.5. The Bertz CT molecular complexity index is 1080. The molecule has 0 amide bonds. The highest BCUT2D eigenvalue weighted by Gasteiger charge is 2.31. The van der Waals surface area contributed by atoms with Crippen molar-refractivity contribution in [2.24, 2.45) is 0 Å². The lowest BCUT2D eigenvalue weighted by Crippen LogP contribution is -2.38. The fourth-order valence-electron chi connectivity index (χ4n) is 4.37. The van der Waals surface area contributed by atoms with Crippen LogP contribution in [0.4, 0.5) is 24.9 Å². The highest BCUT2D eigenvalue weighted by atomic mass is 19.4. The van der Waals surface area contributed by atoms with E-state index in [4.69, 9.17) is 9.97 Å². The first-order valence-electron chi connectivity index (χ1n) is 11.6. The maximum atomic E-state index is 12.3. The van der Waals surface area contributed by atoms with Crippen LogP contribution >= 0.6 is 0 Å². The van der Waals surface area contributed by atoms with Crippen LogP contribution in [0.5, 0.6) is 5.75 Å². The van der Waals surface area contributed by atoms with Gasteiger partial charge in [-0.3, -0.25) is 0 Å². The van der Waals surface area contributed by atoms with Gasteiger partial charge in [-0.1, -0.05) is 24.3 Å². The number of rotatable bonds is 8. The number of aromatic nitrogens is 2. The number of benzene rings is 2. The van der Waals surface area contributed by atoms with Crippen molar-refractivity contribution in [3.8, 4) is 5.75 Å². The van der Waals surface area contributed by atoms with Gasteiger partial charge in [-0.05, 0) is 68.5 Å². The standard InChI is InChI=1S/C25H30F3N5O/c1-33(2)23-21-5-3-4-6-22(21)31-24(32-23)30-19-11-9-18(10-12-19)29-16-15-17-7-13-20(14-8-17)34-25(26,27)28/h3-8,13-14,18-19,29H,9-12,15-16H2,1-2H3,(H,30,31,32)/t18-,19+. The van der Waals surface area contributed by atoms with E-state index in [-0.39, 0.29) is 5.75 Å². The molecule has 1 aliphatic carbocycles. The van der Waals surface area contributed by atoms with E-state index in [0.717, 1.165) is 60.9 Å². The third-order valence-electron chi connectivity index (χ3n) is 6.07. The molecular formula is C25H30F3N5O. The van der Waals surface area contributed by atoms with Crippen molar-refractivity contribution < 1.29 is 17.9 Å². The number of nitrogens with one attached hydrogen (secondary N) is 2. The van der Waals surface area contributed by atoms with Crippen LogP contribution in [-0.2, 0) is 6.42 Å². The van der Waals surface area contributed by atoms with Gasteiger partial charge in [0.2, 0.25) is 5.95 Å². The summed E-state index contributed by atoms with van der Waals surface area (Å²) in [5, 5.41) is 8.14. The van der Waals surface area contributed by atoms with Crippen LogP contribution in [0.1, 0.15) is 31.2 Å². The minimum absolute atomic E-state index is 0.192. The van der Waals surface area contributed by atoms with Crippen molar-refractivity contribution in [2.75, 3.05) is 30.9 Å². The van der Waals surface area contributed by atoms with Crippen LogP contribution in [0.15, 0.2) is 48.5 Å². The average molecular weight is 474 g/mol. The lowest BCUT2D eigenvalue weighted by molar-refractivity contribution is -0.274. The second-order valence-electron chi connectivity index (χ2n) is 8.87. The minimum atomic E-state index is -4.66. The smallest absolute Gasteiger partial charge is 0.406 e. The van der Waals surface area contributed by atoms with Crippen LogP contribution < -0.4 is 20.3 Å². The number of nitrogens with zero attached hydrogens (tertiary/aromatic N) is 3. The molecule has 0 spiro atoms. The molecule has 0 radical (unpaired) electrons. The number of para-hydroxylation sites is 1. The molecule has 3 aromatic rings. The Balaban J connectivity index is 1.23. The van der Waals surface area contributed by atoms with Crippen molar-refractivity contribution in [2.45, 2.75) is 50.6 Å². The van der Waals surface area contributed by atoms with Gasteiger partial charge in [-0.15, -0.1) is 13.2 Å². The number of ether oxygens (including phenoxy) is 1. The molecule has 2 N–H and O–H groups in total. The Morgan fingerprint density at radius 1 is 0.941 bits per heavy atom. The third-order valence-corrected chi connectivity index (χ3v) is 6.07. The zero-order valence-electron chi connectivity index (χ0n) is 19.4. The second kappa shape index (κ2) is 10.5. The number of anilines is 2. The molecular weight excluding hydrogens is 443 g/mol. The Labute approximate surface area is 197 Å². The maximum absolute atomic E-state index is 12.3. The number of fused-ring (bicyclic) bond motifs is 1. The van der Waals surface area contributed by atoms with Gasteiger partial charge in [0.25, 0.3) is 0 Å². The molecule has 182 valence electrons. The summed E-state index contributed by atoms with van der Waals surface area (Å²) in [6.45, 7) is 0.780. The van der Waals surface area contributed by atoms with Crippen molar-refractivity contribution in [3.63, 3.8) is 0 Å². The lowest BCUT2D eigenvalue weighted by Gasteiger charge is -2.30. The molecule has 0 saturated heterocycles. The number of halogens is 3. The summed E-state index contributed by atoms with van der Waals surface area (Å²) in [5.74, 6) is 1.38. The summed E-state index contributed by atoms with van der Waals surface area (Å²) in [7, 11) is 3.97. The van der Waals surface area contributed by atoms with Gasteiger partial charge in [-0.25, -0.2) is 4.98 Å². The van der Waals surface area contributed by atoms with Crippen molar-refractivity contribution in [1.82, 2.24) is 15.3 Å². The van der Waals surface area contributed by atoms with Crippen LogP contribution in [0.3, 0.4) is 0 Å². The Hall–Kier alpha value is -3.07. The summed E-state index contributed by atoms with van der Waals surface area (Å²) in [6, 6.07) is 14.9. The van der Waals surface area contributed by atoms with E-state index in [2.05, 4.69) is 15.4 Å². The summed E-state index contributed by atoms with van der Waals surface area (Å²) < 4.78 is 40.7. The monoisotopic (exact) mass is 473 g/mol. The molecule has 1 fully saturated rings. The molecule has 2 aromatic carbocycles. The first-order chi connectivity index (χ1) is 16.3. The van der Waals surface area contributed by atoms with Crippen LogP contribution in [0.25, 0.3) is 10.9 Å². The first kappa shape index (κ1) is 24.1. The molecule has 0 bridgehead atoms. The van der Waals surface area contributed by atoms with Crippen molar-refractivity contribution >= 4 is 22.7 Å². The van der Waals surface area contributed by atoms with Gasteiger partial charge in [0.15, 0.2) is 0 Å². The molecule has 0 aliphatic heterocycles. The SMILES string of the molecule is CN(C)c1nc(N[C@H]2CC[C@@H](NCCc3ccc(OC(F)(F)F)cc3)CC2)nc2ccccc12. The topological polar surface area (TPSA) is 62.3 Å². The number of alkyl halides is 3. The van der Waals surface area contributed by atoms with E-state index < -0.39 is 6.36 Å². The highest BCUT2D eigenvalue weighted by molar-refractivity contribution is 5.90. The normalized spacial score (nSPS) is 18.6. The van der Waals surface area contributed by atoms with E-state index in [1.54, 1.807) is 12.1 Å². The minimum Gasteiger partial charge on any atom is -0.406 e. The van der Waals surface area contributed by atoms with Crippen molar-refractivity contribution in [3.05, 3.63) is 54.1 Å². The van der Waals surface area contributed by atoms with E-state index in [1.807, 2.05) is 43.3 Å². The molecule has 6 nitrogen and oxygen atoms in total. The van der Waals surface area contributed by atoms with E-state index in [9.17, 15) is 13.2 Å². The molecule has 1 aliphatic rings. The molecule has 0 atom stereocenters. The van der Waals surface area contributed by atoms with Gasteiger partial charge >= 0.3 is 6.36 Å². The molecule has 1 saturated carbocycles. The summed E-state index contributed by atoms with van der Waals surface area (Å²) >= 11 is 0. The zero-order valence-corrected chi connectivity index (χ0v) is 19.4. The predicted molar refractivity (Wildman–Crippen MR) is 128 cm³/mol. The van der Waals surface area contributed by atoms with Gasteiger partial charge in [-0.2, -0.15) is 4.98 Å². The molecule has 0 unspecified atom stereocenters. The highest BCUT2D eigenvalue weighted by Crippen LogP contribution is 2.27. The largest absolute Gasteiger partial charge is 0.573 e. The maximum Gasteiger partial charge on any atom is 0.573 e. The number of hydrogen-bond acceptors (Lipinski definition) is 6. The molecule has 9 heteroatoms. The second-order valence-corrected chi connectivity index (χ2v) is 8.87. The summed E-state index contributed by atoms with van der Waals surface area (Å²) in [6.07, 6.45) is 0.228. The Morgan fingerprint density at radius 3 is 2.29 bits per heavy atom. The van der Waals surface area contributed by atoms with Gasteiger partial charge in [0, 0.05) is 31.6 Å².